The summed E-state index contributed by atoms with van der Waals surface area (Å²) in [5.74, 6) is -2.65. The number of carbonyl (C=O) groups is 4. The Morgan fingerprint density at radius 2 is 0.851 bits per heavy atom. The van der Waals surface area contributed by atoms with Gasteiger partial charge in [-0.05, 0) is 74.2 Å². The van der Waals surface area contributed by atoms with Crippen LogP contribution in [0, 0.1) is 0 Å². The van der Waals surface area contributed by atoms with Crippen molar-refractivity contribution in [1.29, 1.82) is 0 Å². The molecular formula is C61H59N7O6. The summed E-state index contributed by atoms with van der Waals surface area (Å²) in [6.45, 7) is 2.89. The number of pyridine rings is 1. The van der Waals surface area contributed by atoms with E-state index in [1.807, 2.05) is 133 Å². The molecule has 0 spiro atoms. The standard InChI is InChI=1S/C61H59N7O6/c69-58(54-34-18-36-67(54)40-42-20-5-1-6-21-42)65-50-32-15-13-30-48(50)56(44-24-9-3-10-25-44)63-52(60(71)72)38-46-28-17-29-47(62-46)39-53(61(73)74)64-57(45-26-11-4-12-27-45)49-31-14-16-33-51(49)66-59(70)55-35-19-37-68(55)41-43-22-7-2-8-23-43/h1-17,20-33,52-55H,18-19,34-41H2,(H,65,69)(H,66,70)(H,71,72)(H,73,74)/t52-,53-,54-,55-/m0/s1. The van der Waals surface area contributed by atoms with Gasteiger partial charge in [-0.15, -0.1) is 0 Å². The van der Waals surface area contributed by atoms with Crippen molar-refractivity contribution in [3.05, 3.63) is 233 Å². The van der Waals surface area contributed by atoms with E-state index in [1.165, 1.54) is 0 Å². The number of nitrogens with zero attached hydrogens (tertiary/aromatic N) is 5. The lowest BCUT2D eigenvalue weighted by Crippen LogP contribution is -2.39. The predicted molar refractivity (Wildman–Crippen MR) is 289 cm³/mol. The number of para-hydroxylation sites is 2. The summed E-state index contributed by atoms with van der Waals surface area (Å²) in [4.78, 5) is 73.5. The van der Waals surface area contributed by atoms with Crippen LogP contribution in [-0.2, 0) is 45.1 Å². The van der Waals surface area contributed by atoms with Gasteiger partial charge in [-0.2, -0.15) is 0 Å². The van der Waals surface area contributed by atoms with Gasteiger partial charge < -0.3 is 20.8 Å². The summed E-state index contributed by atoms with van der Waals surface area (Å²) in [5, 5.41) is 27.9. The molecule has 6 aromatic carbocycles. The molecule has 4 N–H and O–H groups in total. The Morgan fingerprint density at radius 1 is 0.486 bits per heavy atom. The van der Waals surface area contributed by atoms with Crippen LogP contribution in [0.1, 0.15) is 70.5 Å². The average molecular weight is 986 g/mol. The van der Waals surface area contributed by atoms with Crippen molar-refractivity contribution in [1.82, 2.24) is 14.8 Å². The molecule has 4 atom stereocenters. The minimum atomic E-state index is -1.31. The molecule has 2 aliphatic rings. The zero-order chi connectivity index (χ0) is 51.2. The number of benzene rings is 6. The van der Waals surface area contributed by atoms with E-state index >= 15 is 0 Å². The molecule has 2 saturated heterocycles. The number of hydrogen-bond donors (Lipinski definition) is 4. The predicted octanol–water partition coefficient (Wildman–Crippen LogP) is 9.35. The largest absolute Gasteiger partial charge is 0.480 e. The highest BCUT2D eigenvalue weighted by Crippen LogP contribution is 2.28. The van der Waals surface area contributed by atoms with Crippen LogP contribution < -0.4 is 10.6 Å². The number of aliphatic imine (C=N–C) groups is 2. The summed E-state index contributed by atoms with van der Waals surface area (Å²) in [6, 6.07) is 55.1. The second-order valence-electron chi connectivity index (χ2n) is 18.7. The van der Waals surface area contributed by atoms with E-state index in [-0.39, 0.29) is 36.7 Å². The molecule has 0 saturated carbocycles. The number of carbonyl (C=O) groups excluding carboxylic acids is 2. The zero-order valence-electron chi connectivity index (χ0n) is 41.0. The quantitative estimate of drug-likeness (QED) is 0.0542. The van der Waals surface area contributed by atoms with E-state index in [0.717, 1.165) is 37.1 Å². The minimum Gasteiger partial charge on any atom is -0.480 e. The molecule has 1 aromatic heterocycles. The first kappa shape index (κ1) is 50.5. The van der Waals surface area contributed by atoms with Crippen molar-refractivity contribution in [3.63, 3.8) is 0 Å². The van der Waals surface area contributed by atoms with Gasteiger partial charge in [0.2, 0.25) is 11.8 Å². The Kier molecular flexibility index (Phi) is 16.6. The van der Waals surface area contributed by atoms with Crippen molar-refractivity contribution >= 4 is 46.6 Å². The third-order valence-corrected chi connectivity index (χ3v) is 13.6. The maximum absolute atomic E-state index is 14.1. The molecule has 13 nitrogen and oxygen atoms in total. The lowest BCUT2D eigenvalue weighted by Gasteiger charge is -2.24. The van der Waals surface area contributed by atoms with Crippen LogP contribution in [0.15, 0.2) is 198 Å². The van der Waals surface area contributed by atoms with Gasteiger partial charge in [0.1, 0.15) is 0 Å². The number of aromatic nitrogens is 1. The molecule has 0 aliphatic carbocycles. The monoisotopic (exact) mass is 985 g/mol. The van der Waals surface area contributed by atoms with Crippen molar-refractivity contribution in [2.45, 2.75) is 75.8 Å². The van der Waals surface area contributed by atoms with Crippen LogP contribution in [-0.4, -0.2) is 97.4 Å². The first-order chi connectivity index (χ1) is 36.2. The van der Waals surface area contributed by atoms with Gasteiger partial charge in [0.25, 0.3) is 0 Å². The SMILES string of the molecule is O=C(O)[C@H](Cc1cccc(C[C@H](N=C(c2ccccc2)c2ccccc2NC(=O)[C@@H]2CCCN2Cc2ccccc2)C(=O)O)n1)N=C(c1ccccc1)c1ccccc1NC(=O)[C@@H]1CCCN1Cc1ccccc1. The second-order valence-corrected chi connectivity index (χ2v) is 18.7. The molecule has 9 rings (SSSR count). The molecule has 13 heteroatoms. The van der Waals surface area contributed by atoms with Crippen molar-refractivity contribution in [3.8, 4) is 0 Å². The number of aliphatic carboxylic acids is 2. The van der Waals surface area contributed by atoms with Crippen LogP contribution in [0.2, 0.25) is 0 Å². The Bertz CT molecular complexity index is 2910. The van der Waals surface area contributed by atoms with Crippen molar-refractivity contribution in [2.75, 3.05) is 23.7 Å². The average Bonchev–Trinajstić information content (AvgIpc) is 4.10. The molecule has 2 amide bonds. The molecule has 374 valence electrons. The lowest BCUT2D eigenvalue weighted by atomic mass is 9.99. The number of likely N-dealkylation sites (tertiary alicyclic amines) is 2. The Balaban J connectivity index is 0.968. The molecule has 74 heavy (non-hydrogen) atoms. The highest BCUT2D eigenvalue weighted by atomic mass is 16.4. The number of rotatable bonds is 20. The van der Waals surface area contributed by atoms with E-state index in [0.29, 0.717) is 82.4 Å². The molecule has 2 fully saturated rings. The van der Waals surface area contributed by atoms with Gasteiger partial charge in [-0.25, -0.2) is 9.59 Å². The van der Waals surface area contributed by atoms with Gasteiger partial charge in [0, 0.05) is 59.6 Å². The van der Waals surface area contributed by atoms with E-state index in [9.17, 15) is 29.4 Å². The number of carboxylic acids is 2. The molecule has 7 aromatic rings. The van der Waals surface area contributed by atoms with Gasteiger partial charge in [-0.3, -0.25) is 34.4 Å². The molecule has 0 radical (unpaired) electrons. The topological polar surface area (TPSA) is 177 Å². The fraction of sp³-hybridized carbons (Fsp3) is 0.230. The van der Waals surface area contributed by atoms with Crippen LogP contribution in [0.3, 0.4) is 0 Å². The van der Waals surface area contributed by atoms with Crippen LogP contribution in [0.25, 0.3) is 0 Å². The number of nitrogens with one attached hydrogen (secondary N) is 2. The fourth-order valence-electron chi connectivity index (χ4n) is 9.92. The maximum atomic E-state index is 14.1. The first-order valence-electron chi connectivity index (χ1n) is 25.2. The van der Waals surface area contributed by atoms with Crippen molar-refractivity contribution < 1.29 is 29.4 Å². The first-order valence-corrected chi connectivity index (χ1v) is 25.2. The third kappa shape index (κ3) is 12.8. The minimum absolute atomic E-state index is 0.113. The summed E-state index contributed by atoms with van der Waals surface area (Å²) in [5.41, 5.74) is 7.28. The van der Waals surface area contributed by atoms with Crippen LogP contribution in [0.5, 0.6) is 0 Å². The van der Waals surface area contributed by atoms with E-state index in [1.54, 1.807) is 30.3 Å². The number of hydrogen-bond acceptors (Lipinski definition) is 9. The Labute approximate surface area is 431 Å². The summed E-state index contributed by atoms with van der Waals surface area (Å²) < 4.78 is 0. The van der Waals surface area contributed by atoms with Gasteiger partial charge >= 0.3 is 11.9 Å². The van der Waals surface area contributed by atoms with Gasteiger partial charge in [0.15, 0.2) is 12.1 Å². The number of anilines is 2. The van der Waals surface area contributed by atoms with Crippen LogP contribution in [0.4, 0.5) is 11.4 Å². The van der Waals surface area contributed by atoms with Gasteiger partial charge in [0.05, 0.1) is 34.9 Å². The summed E-state index contributed by atoms with van der Waals surface area (Å²) in [7, 11) is 0. The molecule has 0 unspecified atom stereocenters. The fourth-order valence-corrected chi connectivity index (χ4v) is 9.92. The number of carboxylic acid groups (broad SMARTS) is 2. The molecule has 0 bridgehead atoms. The van der Waals surface area contributed by atoms with Crippen LogP contribution >= 0.6 is 0 Å². The van der Waals surface area contributed by atoms with E-state index < -0.39 is 24.0 Å². The zero-order valence-corrected chi connectivity index (χ0v) is 41.0. The lowest BCUT2D eigenvalue weighted by molar-refractivity contribution is -0.139. The molecule has 2 aliphatic heterocycles. The summed E-state index contributed by atoms with van der Waals surface area (Å²) in [6.07, 6.45) is 2.98. The highest BCUT2D eigenvalue weighted by Gasteiger charge is 2.33. The maximum Gasteiger partial charge on any atom is 0.328 e. The van der Waals surface area contributed by atoms with Crippen molar-refractivity contribution in [2.24, 2.45) is 9.98 Å². The third-order valence-electron chi connectivity index (χ3n) is 13.6. The second kappa shape index (κ2) is 24.4. The normalized spacial score (nSPS) is 17.1. The Morgan fingerprint density at radius 3 is 1.24 bits per heavy atom. The Hall–Kier alpha value is -8.39. The molecular weight excluding hydrogens is 927 g/mol. The van der Waals surface area contributed by atoms with E-state index in [4.69, 9.17) is 15.0 Å². The van der Waals surface area contributed by atoms with Gasteiger partial charge in [-0.1, -0.05) is 164 Å². The molecule has 3 heterocycles. The number of amides is 2. The smallest absolute Gasteiger partial charge is 0.328 e. The van der Waals surface area contributed by atoms with E-state index in [2.05, 4.69) is 44.7 Å². The summed E-state index contributed by atoms with van der Waals surface area (Å²) >= 11 is 0. The highest BCUT2D eigenvalue weighted by molar-refractivity contribution is 6.18.